The van der Waals surface area contributed by atoms with Gasteiger partial charge in [0.05, 0.1) is 4.90 Å². The van der Waals surface area contributed by atoms with E-state index in [9.17, 15) is 13.2 Å². The fourth-order valence-electron chi connectivity index (χ4n) is 2.67. The van der Waals surface area contributed by atoms with Gasteiger partial charge in [-0.1, -0.05) is 0 Å². The van der Waals surface area contributed by atoms with E-state index in [1.165, 1.54) is 16.4 Å². The SMILES string of the molecule is CCN(CC)C(=O)c1ccc(S(=O)(=O)N2CCCNCC2)cc1. The Kier molecular flexibility index (Phi) is 6.15. The van der Waals surface area contributed by atoms with Crippen LogP contribution in [0.1, 0.15) is 30.6 Å². The van der Waals surface area contributed by atoms with Crippen molar-refractivity contribution in [3.05, 3.63) is 29.8 Å². The highest BCUT2D eigenvalue weighted by Crippen LogP contribution is 2.18. The number of benzene rings is 1. The lowest BCUT2D eigenvalue weighted by molar-refractivity contribution is 0.0773. The van der Waals surface area contributed by atoms with Crippen LogP contribution in [0.15, 0.2) is 29.2 Å². The lowest BCUT2D eigenvalue weighted by atomic mass is 10.2. The van der Waals surface area contributed by atoms with Crippen molar-refractivity contribution in [1.82, 2.24) is 14.5 Å². The quantitative estimate of drug-likeness (QED) is 0.874. The Morgan fingerprint density at radius 3 is 2.39 bits per heavy atom. The highest BCUT2D eigenvalue weighted by molar-refractivity contribution is 7.89. The van der Waals surface area contributed by atoms with Crippen LogP contribution >= 0.6 is 0 Å². The average Bonchev–Trinajstić information content (AvgIpc) is 2.86. The van der Waals surface area contributed by atoms with Crippen molar-refractivity contribution in [2.45, 2.75) is 25.2 Å². The normalized spacial score (nSPS) is 16.8. The molecule has 1 fully saturated rings. The zero-order chi connectivity index (χ0) is 16.9. The molecule has 128 valence electrons. The molecule has 0 aromatic heterocycles. The van der Waals surface area contributed by atoms with Gasteiger partial charge in [0, 0.05) is 38.3 Å². The second-order valence-electron chi connectivity index (χ2n) is 5.51. The van der Waals surface area contributed by atoms with Gasteiger partial charge in [0.2, 0.25) is 10.0 Å². The van der Waals surface area contributed by atoms with E-state index in [0.717, 1.165) is 13.0 Å². The summed E-state index contributed by atoms with van der Waals surface area (Å²) in [6, 6.07) is 6.27. The summed E-state index contributed by atoms with van der Waals surface area (Å²) in [5.41, 5.74) is 0.519. The largest absolute Gasteiger partial charge is 0.339 e. The van der Waals surface area contributed by atoms with Gasteiger partial charge in [-0.3, -0.25) is 4.79 Å². The molecule has 0 saturated carbocycles. The van der Waals surface area contributed by atoms with Crippen LogP contribution in [0.3, 0.4) is 0 Å². The Hall–Kier alpha value is -1.44. The van der Waals surface area contributed by atoms with Crippen LogP contribution < -0.4 is 5.32 Å². The smallest absolute Gasteiger partial charge is 0.253 e. The third-order valence-corrected chi connectivity index (χ3v) is 6.00. The molecule has 6 nitrogen and oxygen atoms in total. The monoisotopic (exact) mass is 339 g/mol. The van der Waals surface area contributed by atoms with Gasteiger partial charge in [-0.15, -0.1) is 0 Å². The lowest BCUT2D eigenvalue weighted by Gasteiger charge is -2.21. The molecule has 1 saturated heterocycles. The van der Waals surface area contributed by atoms with E-state index in [4.69, 9.17) is 0 Å². The highest BCUT2D eigenvalue weighted by Gasteiger charge is 2.25. The van der Waals surface area contributed by atoms with E-state index in [1.807, 2.05) is 13.8 Å². The predicted molar refractivity (Wildman–Crippen MR) is 89.9 cm³/mol. The fourth-order valence-corrected chi connectivity index (χ4v) is 4.15. The lowest BCUT2D eigenvalue weighted by Crippen LogP contribution is -2.34. The molecule has 1 heterocycles. The fraction of sp³-hybridized carbons (Fsp3) is 0.562. The molecule has 2 rings (SSSR count). The van der Waals surface area contributed by atoms with E-state index < -0.39 is 10.0 Å². The van der Waals surface area contributed by atoms with E-state index in [-0.39, 0.29) is 10.8 Å². The summed E-state index contributed by atoms with van der Waals surface area (Å²) in [5, 5.41) is 3.19. The molecule has 1 N–H and O–H groups in total. The maximum absolute atomic E-state index is 12.7. The molecule has 7 heteroatoms. The summed E-state index contributed by atoms with van der Waals surface area (Å²) in [7, 11) is -3.49. The summed E-state index contributed by atoms with van der Waals surface area (Å²) in [6.45, 7) is 7.62. The Balaban J connectivity index is 2.19. The predicted octanol–water partition coefficient (Wildman–Crippen LogP) is 1.15. The number of hydrogen-bond acceptors (Lipinski definition) is 4. The first kappa shape index (κ1) is 17.9. The van der Waals surface area contributed by atoms with Crippen molar-refractivity contribution < 1.29 is 13.2 Å². The number of carbonyl (C=O) groups is 1. The van der Waals surface area contributed by atoms with Crippen molar-refractivity contribution in [3.63, 3.8) is 0 Å². The van der Waals surface area contributed by atoms with Gasteiger partial charge < -0.3 is 10.2 Å². The van der Waals surface area contributed by atoms with Gasteiger partial charge in [0.1, 0.15) is 0 Å². The third-order valence-electron chi connectivity index (χ3n) is 4.09. The molecule has 0 atom stereocenters. The average molecular weight is 339 g/mol. The topological polar surface area (TPSA) is 69.7 Å². The first-order valence-electron chi connectivity index (χ1n) is 8.11. The Morgan fingerprint density at radius 2 is 1.78 bits per heavy atom. The zero-order valence-corrected chi connectivity index (χ0v) is 14.6. The van der Waals surface area contributed by atoms with Gasteiger partial charge in [0.25, 0.3) is 5.91 Å². The van der Waals surface area contributed by atoms with Crippen LogP contribution in [0.2, 0.25) is 0 Å². The second-order valence-corrected chi connectivity index (χ2v) is 7.45. The molecule has 0 radical (unpaired) electrons. The van der Waals surface area contributed by atoms with Crippen LogP contribution in [-0.4, -0.2) is 62.8 Å². The van der Waals surface area contributed by atoms with Gasteiger partial charge in [-0.05, 0) is 51.1 Å². The summed E-state index contributed by atoms with van der Waals surface area (Å²) < 4.78 is 26.8. The van der Waals surface area contributed by atoms with E-state index in [2.05, 4.69) is 5.32 Å². The molecule has 1 aromatic carbocycles. The molecular formula is C16H25N3O3S. The summed E-state index contributed by atoms with van der Waals surface area (Å²) in [5.74, 6) is -0.0714. The van der Waals surface area contributed by atoms with Crippen LogP contribution in [0.5, 0.6) is 0 Å². The summed E-state index contributed by atoms with van der Waals surface area (Å²) in [6.07, 6.45) is 0.803. The number of amides is 1. The first-order chi connectivity index (χ1) is 11.0. The number of carbonyl (C=O) groups excluding carboxylic acids is 1. The van der Waals surface area contributed by atoms with E-state index in [1.54, 1.807) is 17.0 Å². The molecule has 1 aromatic rings. The Bertz CT molecular complexity index is 616. The standard InChI is InChI=1S/C16H25N3O3S/c1-3-18(4-2)16(20)14-6-8-15(9-7-14)23(21,22)19-12-5-10-17-11-13-19/h6-9,17H,3-5,10-13H2,1-2H3. The van der Waals surface area contributed by atoms with E-state index in [0.29, 0.717) is 38.3 Å². The van der Waals surface area contributed by atoms with Crippen molar-refractivity contribution >= 4 is 15.9 Å². The minimum Gasteiger partial charge on any atom is -0.339 e. The maximum atomic E-state index is 12.7. The molecular weight excluding hydrogens is 314 g/mol. The number of sulfonamides is 1. The van der Waals surface area contributed by atoms with Crippen LogP contribution in [0, 0.1) is 0 Å². The number of nitrogens with zero attached hydrogens (tertiary/aromatic N) is 2. The van der Waals surface area contributed by atoms with Gasteiger partial charge >= 0.3 is 0 Å². The van der Waals surface area contributed by atoms with E-state index >= 15 is 0 Å². The third kappa shape index (κ3) is 4.10. The molecule has 1 aliphatic rings. The Morgan fingerprint density at radius 1 is 1.13 bits per heavy atom. The van der Waals surface area contributed by atoms with Gasteiger partial charge in [-0.2, -0.15) is 4.31 Å². The van der Waals surface area contributed by atoms with Crippen LogP contribution in [-0.2, 0) is 10.0 Å². The Labute approximate surface area is 138 Å². The maximum Gasteiger partial charge on any atom is 0.253 e. The minimum atomic E-state index is -3.49. The van der Waals surface area contributed by atoms with Crippen LogP contribution in [0.4, 0.5) is 0 Å². The summed E-state index contributed by atoms with van der Waals surface area (Å²) in [4.78, 5) is 14.2. The summed E-state index contributed by atoms with van der Waals surface area (Å²) >= 11 is 0. The van der Waals surface area contributed by atoms with Crippen LogP contribution in [0.25, 0.3) is 0 Å². The van der Waals surface area contributed by atoms with Gasteiger partial charge in [-0.25, -0.2) is 8.42 Å². The number of hydrogen-bond donors (Lipinski definition) is 1. The molecule has 0 unspecified atom stereocenters. The molecule has 0 bridgehead atoms. The molecule has 1 aliphatic heterocycles. The van der Waals surface area contributed by atoms with Crippen molar-refractivity contribution in [3.8, 4) is 0 Å². The molecule has 23 heavy (non-hydrogen) atoms. The number of nitrogens with one attached hydrogen (secondary N) is 1. The van der Waals surface area contributed by atoms with Crippen molar-refractivity contribution in [1.29, 1.82) is 0 Å². The number of rotatable bonds is 5. The van der Waals surface area contributed by atoms with Crippen molar-refractivity contribution in [2.75, 3.05) is 39.3 Å². The molecule has 0 spiro atoms. The minimum absolute atomic E-state index is 0.0714. The highest BCUT2D eigenvalue weighted by atomic mass is 32.2. The second kappa shape index (κ2) is 7.90. The van der Waals surface area contributed by atoms with Gasteiger partial charge in [0.15, 0.2) is 0 Å². The zero-order valence-electron chi connectivity index (χ0n) is 13.8. The molecule has 0 aliphatic carbocycles. The van der Waals surface area contributed by atoms with Crippen molar-refractivity contribution in [2.24, 2.45) is 0 Å². The molecule has 1 amide bonds. The first-order valence-corrected chi connectivity index (χ1v) is 9.55.